The molecule has 0 bridgehead atoms. The van der Waals surface area contributed by atoms with E-state index in [-0.39, 0.29) is 0 Å². The number of nitrogens with zero attached hydrogens (tertiary/aromatic N) is 1. The number of thiol groups is 1. The first-order chi connectivity index (χ1) is 13.4. The summed E-state index contributed by atoms with van der Waals surface area (Å²) in [6, 6.07) is 9.02. The second-order valence-corrected chi connectivity index (χ2v) is 11.5. The van der Waals surface area contributed by atoms with Crippen molar-refractivity contribution in [3.05, 3.63) is 45.8 Å². The lowest BCUT2D eigenvalue weighted by Gasteiger charge is -2.29. The molecule has 0 N–H and O–H groups in total. The van der Waals surface area contributed by atoms with E-state index in [4.69, 9.17) is 12.8 Å². The van der Waals surface area contributed by atoms with Gasteiger partial charge in [0.25, 0.3) is 0 Å². The number of benzene rings is 1. The lowest BCUT2D eigenvalue weighted by molar-refractivity contribution is 0.291. The summed E-state index contributed by atoms with van der Waals surface area (Å²) in [6.07, 6.45) is 10.8. The predicted molar refractivity (Wildman–Crippen MR) is 126 cm³/mol. The van der Waals surface area contributed by atoms with Gasteiger partial charge >= 0.3 is 0 Å². The topological polar surface area (TPSA) is 3.24 Å². The maximum absolute atomic E-state index is 4.87. The van der Waals surface area contributed by atoms with Crippen LogP contribution in [-0.2, 0) is 19.4 Å². The molecule has 1 nitrogen and oxygen atoms in total. The highest BCUT2D eigenvalue weighted by Gasteiger charge is 2.29. The van der Waals surface area contributed by atoms with Crippen molar-refractivity contribution in [3.63, 3.8) is 0 Å². The minimum absolute atomic E-state index is 0.442. The zero-order valence-corrected chi connectivity index (χ0v) is 19.5. The Morgan fingerprint density at radius 2 is 1.89 bits per heavy atom. The van der Waals surface area contributed by atoms with Crippen LogP contribution in [0.25, 0.3) is 10.4 Å². The number of hydrogen-bond acceptors (Lipinski definition) is 3. The Bertz CT molecular complexity index is 814. The van der Waals surface area contributed by atoms with Crippen LogP contribution in [0, 0.1) is 18.3 Å². The van der Waals surface area contributed by atoms with Crippen LogP contribution in [-0.4, -0.2) is 10.8 Å². The maximum Gasteiger partial charge on any atom is 0.0380 e. The molecule has 28 heavy (non-hydrogen) atoms. The molecule has 3 heteroatoms. The van der Waals surface area contributed by atoms with E-state index in [1.54, 1.807) is 10.4 Å². The van der Waals surface area contributed by atoms with Crippen LogP contribution in [0.1, 0.15) is 73.9 Å². The van der Waals surface area contributed by atoms with Gasteiger partial charge in [-0.15, -0.1) is 11.3 Å². The third-order valence-electron chi connectivity index (χ3n) is 6.85. The zero-order valence-electron chi connectivity index (χ0n) is 17.8. The van der Waals surface area contributed by atoms with Crippen LogP contribution >= 0.6 is 24.2 Å². The van der Waals surface area contributed by atoms with Gasteiger partial charge in [0.1, 0.15) is 0 Å². The van der Waals surface area contributed by atoms with E-state index in [1.807, 2.05) is 11.3 Å². The SMILES string of the molecule is Cc1c(-c2ccccc2CN(S)CC2CCCCC2)sc2c1CC(C)(C)CC2. The van der Waals surface area contributed by atoms with Gasteiger partial charge in [-0.1, -0.05) is 70.2 Å². The van der Waals surface area contributed by atoms with Gasteiger partial charge in [-0.2, -0.15) is 0 Å². The smallest absolute Gasteiger partial charge is 0.0380 e. The molecule has 1 heterocycles. The van der Waals surface area contributed by atoms with E-state index in [1.165, 1.54) is 72.9 Å². The highest BCUT2D eigenvalue weighted by Crippen LogP contribution is 2.45. The molecular weight excluding hydrogens is 378 g/mol. The summed E-state index contributed by atoms with van der Waals surface area (Å²) in [6.45, 7) is 9.24. The molecule has 1 saturated carbocycles. The van der Waals surface area contributed by atoms with E-state index in [0.29, 0.717) is 5.41 Å². The Labute approximate surface area is 181 Å². The van der Waals surface area contributed by atoms with Crippen molar-refractivity contribution in [3.8, 4) is 10.4 Å². The summed E-state index contributed by atoms with van der Waals surface area (Å²) >= 11 is 6.92. The van der Waals surface area contributed by atoms with Gasteiger partial charge < -0.3 is 0 Å². The molecule has 2 aliphatic carbocycles. The van der Waals surface area contributed by atoms with Crippen LogP contribution in [0.2, 0.25) is 0 Å². The molecule has 0 radical (unpaired) electrons. The van der Waals surface area contributed by atoms with Gasteiger partial charge in [0.15, 0.2) is 0 Å². The third kappa shape index (κ3) is 4.52. The minimum Gasteiger partial charge on any atom is -0.249 e. The first-order valence-corrected chi connectivity index (χ1v) is 12.3. The maximum atomic E-state index is 4.87. The van der Waals surface area contributed by atoms with Crippen LogP contribution in [0.5, 0.6) is 0 Å². The summed E-state index contributed by atoms with van der Waals surface area (Å²) in [5.41, 5.74) is 6.46. The molecule has 0 amide bonds. The molecule has 152 valence electrons. The van der Waals surface area contributed by atoms with Gasteiger partial charge in [0, 0.05) is 22.8 Å². The fourth-order valence-electron chi connectivity index (χ4n) is 5.13. The van der Waals surface area contributed by atoms with Crippen molar-refractivity contribution in [1.82, 2.24) is 4.31 Å². The number of thiophene rings is 1. The van der Waals surface area contributed by atoms with E-state index in [9.17, 15) is 0 Å². The van der Waals surface area contributed by atoms with E-state index in [0.717, 1.165) is 19.0 Å². The molecule has 1 fully saturated rings. The monoisotopic (exact) mass is 413 g/mol. The lowest BCUT2D eigenvalue weighted by Crippen LogP contribution is -2.23. The first kappa shape index (κ1) is 20.5. The standard InChI is InChI=1S/C25H35NS2/c1-18-22-15-25(2,3)14-13-23(22)28-24(18)21-12-8-7-11-20(21)17-26(27)16-19-9-5-4-6-10-19/h7-8,11-12,19,27H,4-6,9-10,13-17H2,1-3H3. The highest BCUT2D eigenvalue weighted by atomic mass is 32.1. The fourth-order valence-corrected chi connectivity index (χ4v) is 6.89. The number of fused-ring (bicyclic) bond motifs is 1. The van der Waals surface area contributed by atoms with Crippen LogP contribution in [0.15, 0.2) is 24.3 Å². The molecule has 1 aromatic carbocycles. The van der Waals surface area contributed by atoms with Gasteiger partial charge in [-0.05, 0) is 72.6 Å². The Morgan fingerprint density at radius 1 is 1.14 bits per heavy atom. The largest absolute Gasteiger partial charge is 0.249 e. The van der Waals surface area contributed by atoms with Crippen molar-refractivity contribution in [2.24, 2.45) is 11.3 Å². The van der Waals surface area contributed by atoms with Gasteiger partial charge in [0.2, 0.25) is 0 Å². The van der Waals surface area contributed by atoms with Crippen LogP contribution in [0.3, 0.4) is 0 Å². The molecule has 4 rings (SSSR count). The molecule has 0 aliphatic heterocycles. The molecular formula is C25H35NS2. The normalized spacial score (nSPS) is 19.8. The number of rotatable bonds is 5. The summed E-state index contributed by atoms with van der Waals surface area (Å²) < 4.78 is 2.26. The second-order valence-electron chi connectivity index (χ2n) is 9.81. The molecule has 2 aliphatic rings. The Morgan fingerprint density at radius 3 is 2.68 bits per heavy atom. The quantitative estimate of drug-likeness (QED) is 0.498. The Kier molecular flexibility index (Phi) is 6.25. The van der Waals surface area contributed by atoms with Crippen molar-refractivity contribution in [2.75, 3.05) is 6.54 Å². The van der Waals surface area contributed by atoms with Crippen molar-refractivity contribution in [2.45, 2.75) is 78.7 Å². The van der Waals surface area contributed by atoms with E-state index in [2.05, 4.69) is 49.3 Å². The molecule has 0 atom stereocenters. The molecule has 2 aromatic rings. The van der Waals surface area contributed by atoms with Gasteiger partial charge in [-0.25, -0.2) is 4.31 Å². The molecule has 0 spiro atoms. The summed E-state index contributed by atoms with van der Waals surface area (Å²) in [5.74, 6) is 0.830. The first-order valence-electron chi connectivity index (χ1n) is 11.1. The molecule has 1 aromatic heterocycles. The molecule has 0 unspecified atom stereocenters. The average Bonchev–Trinajstić information content (AvgIpc) is 2.98. The Balaban J connectivity index is 1.56. The summed E-state index contributed by atoms with van der Waals surface area (Å²) in [4.78, 5) is 3.13. The van der Waals surface area contributed by atoms with Crippen molar-refractivity contribution < 1.29 is 0 Å². The third-order valence-corrected chi connectivity index (χ3v) is 8.58. The minimum atomic E-state index is 0.442. The zero-order chi connectivity index (χ0) is 19.7. The average molecular weight is 414 g/mol. The number of hydrogen-bond donors (Lipinski definition) is 1. The van der Waals surface area contributed by atoms with Crippen molar-refractivity contribution >= 4 is 24.2 Å². The lowest BCUT2D eigenvalue weighted by atomic mass is 9.76. The summed E-state index contributed by atoms with van der Waals surface area (Å²) in [7, 11) is 0. The van der Waals surface area contributed by atoms with Crippen LogP contribution in [0.4, 0.5) is 0 Å². The van der Waals surface area contributed by atoms with Gasteiger partial charge in [-0.3, -0.25) is 0 Å². The predicted octanol–water partition coefficient (Wildman–Crippen LogP) is 7.47. The fraction of sp³-hybridized carbons (Fsp3) is 0.600. The number of aryl methyl sites for hydroxylation is 1. The Hall–Kier alpha value is -0.770. The molecule has 0 saturated heterocycles. The van der Waals surface area contributed by atoms with E-state index >= 15 is 0 Å². The van der Waals surface area contributed by atoms with Gasteiger partial charge in [0.05, 0.1) is 0 Å². The summed E-state index contributed by atoms with van der Waals surface area (Å²) in [5, 5.41) is 0. The van der Waals surface area contributed by atoms with E-state index < -0.39 is 0 Å². The van der Waals surface area contributed by atoms with Crippen LogP contribution < -0.4 is 0 Å². The second kappa shape index (κ2) is 8.53. The highest BCUT2D eigenvalue weighted by molar-refractivity contribution is 7.77. The van der Waals surface area contributed by atoms with Crippen molar-refractivity contribution in [1.29, 1.82) is 0 Å².